The van der Waals surface area contributed by atoms with Crippen LogP contribution in [0.25, 0.3) is 33.4 Å². The number of hydrogen-bond acceptors (Lipinski definition) is 4. The first-order chi connectivity index (χ1) is 15.1. The number of carbonyl (C=O) groups is 1. The van der Waals surface area contributed by atoms with Gasteiger partial charge in [-0.1, -0.05) is 19.1 Å². The number of hydrogen-bond donors (Lipinski definition) is 2. The number of carboxylic acids is 1. The zero-order valence-electron chi connectivity index (χ0n) is 18.4. The van der Waals surface area contributed by atoms with Gasteiger partial charge < -0.3 is 14.8 Å². The van der Waals surface area contributed by atoms with Gasteiger partial charge in [-0.15, -0.1) is 12.4 Å². The molecule has 6 heteroatoms. The van der Waals surface area contributed by atoms with E-state index in [9.17, 15) is 9.90 Å². The van der Waals surface area contributed by atoms with Crippen LogP contribution in [0.4, 0.5) is 5.69 Å². The summed E-state index contributed by atoms with van der Waals surface area (Å²) in [4.78, 5) is 16.7. The lowest BCUT2D eigenvalue weighted by molar-refractivity contribution is 0.0697. The van der Waals surface area contributed by atoms with Gasteiger partial charge in [0.15, 0.2) is 0 Å². The van der Waals surface area contributed by atoms with Gasteiger partial charge in [-0.05, 0) is 56.2 Å². The summed E-state index contributed by atoms with van der Waals surface area (Å²) in [5.74, 6) is -0.248. The van der Waals surface area contributed by atoms with Gasteiger partial charge >= 0.3 is 5.97 Å². The van der Waals surface area contributed by atoms with E-state index < -0.39 is 5.97 Å². The molecule has 1 heterocycles. The SMILES string of the molecule is CCN=c1ccc2c(-c3c(CC)cccc3C(=O)O)c3ccc(NCC)cc3oc-2c1.Cl. The fourth-order valence-corrected chi connectivity index (χ4v) is 4.11. The zero-order valence-corrected chi connectivity index (χ0v) is 19.3. The number of benzene rings is 3. The van der Waals surface area contributed by atoms with Gasteiger partial charge in [-0.2, -0.15) is 0 Å². The summed E-state index contributed by atoms with van der Waals surface area (Å²) >= 11 is 0. The average Bonchev–Trinajstić information content (AvgIpc) is 2.77. The van der Waals surface area contributed by atoms with E-state index in [-0.39, 0.29) is 12.4 Å². The molecular formula is C26H27ClN2O3. The lowest BCUT2D eigenvalue weighted by Gasteiger charge is -2.19. The monoisotopic (exact) mass is 450 g/mol. The number of nitrogens with one attached hydrogen (secondary N) is 1. The Balaban J connectivity index is 0.00000289. The number of rotatable bonds is 6. The molecule has 2 aromatic rings. The molecule has 1 aliphatic carbocycles. The molecule has 0 radical (unpaired) electrons. The van der Waals surface area contributed by atoms with Crippen molar-refractivity contribution in [3.63, 3.8) is 0 Å². The van der Waals surface area contributed by atoms with E-state index in [1.165, 1.54) is 0 Å². The van der Waals surface area contributed by atoms with Crippen molar-refractivity contribution >= 4 is 35.0 Å². The molecule has 166 valence electrons. The minimum absolute atomic E-state index is 0. The second-order valence-corrected chi connectivity index (χ2v) is 7.37. The third-order valence-corrected chi connectivity index (χ3v) is 5.44. The minimum atomic E-state index is -0.936. The summed E-state index contributed by atoms with van der Waals surface area (Å²) in [6, 6.07) is 17.3. The highest BCUT2D eigenvalue weighted by Gasteiger charge is 2.23. The Morgan fingerprint density at radius 3 is 2.53 bits per heavy atom. The first kappa shape index (κ1) is 23.4. The summed E-state index contributed by atoms with van der Waals surface area (Å²) in [5.41, 5.74) is 5.47. The van der Waals surface area contributed by atoms with E-state index in [0.29, 0.717) is 23.5 Å². The van der Waals surface area contributed by atoms with Crippen LogP contribution in [0, 0.1) is 0 Å². The number of carboxylic acid groups (broad SMARTS) is 1. The van der Waals surface area contributed by atoms with Crippen molar-refractivity contribution in [1.29, 1.82) is 0 Å². The van der Waals surface area contributed by atoms with E-state index in [1.54, 1.807) is 6.07 Å². The number of anilines is 1. The molecule has 0 bridgehead atoms. The highest BCUT2D eigenvalue weighted by Crippen LogP contribution is 2.43. The minimum Gasteiger partial charge on any atom is -0.478 e. The smallest absolute Gasteiger partial charge is 0.336 e. The first-order valence-electron chi connectivity index (χ1n) is 10.7. The van der Waals surface area contributed by atoms with E-state index in [2.05, 4.69) is 10.3 Å². The van der Waals surface area contributed by atoms with Gasteiger partial charge in [0.05, 0.1) is 10.9 Å². The average molecular weight is 451 g/mol. The maximum Gasteiger partial charge on any atom is 0.336 e. The van der Waals surface area contributed by atoms with E-state index >= 15 is 0 Å². The Hall–Kier alpha value is -3.31. The molecule has 0 aromatic heterocycles. The fraction of sp³-hybridized carbons (Fsp3) is 0.231. The molecule has 0 saturated heterocycles. The molecule has 32 heavy (non-hydrogen) atoms. The summed E-state index contributed by atoms with van der Waals surface area (Å²) in [6.07, 6.45) is 0.726. The maximum absolute atomic E-state index is 12.2. The predicted molar refractivity (Wildman–Crippen MR) is 132 cm³/mol. The molecule has 0 fully saturated rings. The molecule has 5 nitrogen and oxygen atoms in total. The van der Waals surface area contributed by atoms with E-state index in [0.717, 1.165) is 51.7 Å². The van der Waals surface area contributed by atoms with Crippen LogP contribution in [0.15, 0.2) is 64.0 Å². The molecule has 1 aliphatic heterocycles. The van der Waals surface area contributed by atoms with Crippen LogP contribution >= 0.6 is 12.4 Å². The summed E-state index contributed by atoms with van der Waals surface area (Å²) in [6.45, 7) is 7.56. The highest BCUT2D eigenvalue weighted by atomic mass is 35.5. The normalized spacial score (nSPS) is 11.5. The molecular weight excluding hydrogens is 424 g/mol. The molecule has 2 aromatic carbocycles. The van der Waals surface area contributed by atoms with Crippen molar-refractivity contribution in [2.45, 2.75) is 27.2 Å². The first-order valence-corrected chi connectivity index (χ1v) is 10.7. The molecule has 2 N–H and O–H groups in total. The number of halogens is 1. The molecule has 0 saturated carbocycles. The third-order valence-electron chi connectivity index (χ3n) is 5.44. The van der Waals surface area contributed by atoms with Crippen molar-refractivity contribution in [1.82, 2.24) is 0 Å². The van der Waals surface area contributed by atoms with Crippen LogP contribution in [0.3, 0.4) is 0 Å². The van der Waals surface area contributed by atoms with Crippen LogP contribution in [0.5, 0.6) is 0 Å². The molecule has 0 spiro atoms. The Morgan fingerprint density at radius 1 is 1.03 bits per heavy atom. The molecule has 0 unspecified atom stereocenters. The topological polar surface area (TPSA) is 74.8 Å². The lowest BCUT2D eigenvalue weighted by Crippen LogP contribution is -2.07. The summed E-state index contributed by atoms with van der Waals surface area (Å²) in [5, 5.41) is 15.0. The lowest BCUT2D eigenvalue weighted by atomic mass is 9.87. The Labute approximate surface area is 193 Å². The van der Waals surface area contributed by atoms with Gasteiger partial charge in [0.2, 0.25) is 0 Å². The van der Waals surface area contributed by atoms with E-state index in [1.807, 2.05) is 69.3 Å². The third kappa shape index (κ3) is 4.21. The van der Waals surface area contributed by atoms with Crippen molar-refractivity contribution in [3.05, 3.63) is 71.1 Å². The second kappa shape index (κ2) is 9.88. The van der Waals surface area contributed by atoms with E-state index in [4.69, 9.17) is 4.42 Å². The maximum atomic E-state index is 12.2. The van der Waals surface area contributed by atoms with Gasteiger partial charge in [0.1, 0.15) is 11.3 Å². The van der Waals surface area contributed by atoms with Crippen LogP contribution < -0.4 is 10.7 Å². The highest BCUT2D eigenvalue weighted by molar-refractivity contribution is 6.08. The zero-order chi connectivity index (χ0) is 22.0. The molecule has 0 atom stereocenters. The van der Waals surface area contributed by atoms with Crippen LogP contribution in [-0.4, -0.2) is 24.2 Å². The second-order valence-electron chi connectivity index (χ2n) is 7.37. The van der Waals surface area contributed by atoms with Crippen LogP contribution in [0.2, 0.25) is 0 Å². The van der Waals surface area contributed by atoms with Crippen molar-refractivity contribution in [2.75, 3.05) is 18.4 Å². The number of aromatic carboxylic acids is 1. The van der Waals surface area contributed by atoms with Crippen LogP contribution in [-0.2, 0) is 6.42 Å². The number of nitrogens with zero attached hydrogens (tertiary/aromatic N) is 1. The Morgan fingerprint density at radius 2 is 1.84 bits per heavy atom. The van der Waals surface area contributed by atoms with Crippen molar-refractivity contribution in [3.8, 4) is 22.5 Å². The van der Waals surface area contributed by atoms with Crippen molar-refractivity contribution < 1.29 is 14.3 Å². The van der Waals surface area contributed by atoms with Gasteiger partial charge in [-0.25, -0.2) is 4.79 Å². The Kier molecular flexibility index (Phi) is 7.21. The summed E-state index contributed by atoms with van der Waals surface area (Å²) in [7, 11) is 0. The summed E-state index contributed by atoms with van der Waals surface area (Å²) < 4.78 is 6.31. The largest absolute Gasteiger partial charge is 0.478 e. The molecule has 2 aliphatic rings. The van der Waals surface area contributed by atoms with Gasteiger partial charge in [0.25, 0.3) is 0 Å². The Bertz CT molecular complexity index is 1310. The van der Waals surface area contributed by atoms with Gasteiger partial charge in [-0.3, -0.25) is 4.99 Å². The number of fused-ring (bicyclic) bond motifs is 2. The van der Waals surface area contributed by atoms with Crippen molar-refractivity contribution in [2.24, 2.45) is 4.99 Å². The molecule has 0 amide bonds. The quantitative estimate of drug-likeness (QED) is 0.341. The fourth-order valence-electron chi connectivity index (χ4n) is 4.11. The molecule has 4 rings (SSSR count). The van der Waals surface area contributed by atoms with Gasteiger partial charge in [0, 0.05) is 53.0 Å². The predicted octanol–water partition coefficient (Wildman–Crippen LogP) is 6.24. The van der Waals surface area contributed by atoms with Crippen LogP contribution in [0.1, 0.15) is 36.7 Å². The standard InChI is InChI=1S/C26H26N2O3.ClH/c1-4-16-8-7-9-21(26(29)30)24(16)25-19-12-10-17(27-5-2)14-22(19)31-23-15-18(28-6-3)11-13-20(23)25;/h7-15,27H,4-6H2,1-3H3,(H,29,30);1H. The number of aryl methyl sites for hydroxylation is 1.